The molecular weight excluding hydrogens is 279 g/mol. The molecule has 1 rings (SSSR count). The highest BCUT2D eigenvalue weighted by molar-refractivity contribution is 7.89. The molecular formula is C7H6Cl2N2O4S. The van der Waals surface area contributed by atoms with Gasteiger partial charge in [0.05, 0.1) is 11.9 Å². The van der Waals surface area contributed by atoms with Gasteiger partial charge in [-0.05, 0) is 22.6 Å². The molecule has 0 heterocycles. The third-order valence-corrected chi connectivity index (χ3v) is 3.81. The standard InChI is InChI=1S/C7H6Cl2N2O4S/c1-10(11(12)13)16(14,15)7-3-5(8)2-6(9)4-7/h2-4H,1H3. The van der Waals surface area contributed by atoms with Gasteiger partial charge < -0.3 is 0 Å². The Labute approximate surface area is 102 Å². The highest BCUT2D eigenvalue weighted by atomic mass is 35.5. The molecule has 0 spiro atoms. The lowest BCUT2D eigenvalue weighted by Gasteiger charge is -2.09. The Hall–Kier alpha value is -1.05. The molecule has 0 saturated carbocycles. The monoisotopic (exact) mass is 284 g/mol. The maximum Gasteiger partial charge on any atom is 0.313 e. The van der Waals surface area contributed by atoms with Crippen LogP contribution in [-0.2, 0) is 10.0 Å². The zero-order valence-corrected chi connectivity index (χ0v) is 10.3. The number of rotatable bonds is 3. The maximum atomic E-state index is 11.6. The Morgan fingerprint density at radius 2 is 1.69 bits per heavy atom. The fourth-order valence-corrected chi connectivity index (χ4v) is 2.61. The summed E-state index contributed by atoms with van der Waals surface area (Å²) in [6.07, 6.45) is 0. The summed E-state index contributed by atoms with van der Waals surface area (Å²) < 4.78 is 23.3. The van der Waals surface area contributed by atoms with Crippen LogP contribution in [0.2, 0.25) is 10.0 Å². The Morgan fingerprint density at radius 3 is 2.06 bits per heavy atom. The van der Waals surface area contributed by atoms with E-state index >= 15 is 0 Å². The lowest BCUT2D eigenvalue weighted by atomic mass is 10.4. The van der Waals surface area contributed by atoms with Crippen LogP contribution in [0, 0.1) is 10.1 Å². The van der Waals surface area contributed by atoms with Gasteiger partial charge in [0.25, 0.3) is 0 Å². The number of hydrogen-bond donors (Lipinski definition) is 0. The fourth-order valence-electron chi connectivity index (χ4n) is 0.918. The lowest BCUT2D eigenvalue weighted by Crippen LogP contribution is -2.32. The molecule has 0 bridgehead atoms. The largest absolute Gasteiger partial charge is 0.313 e. The number of benzene rings is 1. The van der Waals surface area contributed by atoms with Gasteiger partial charge in [-0.2, -0.15) is 8.42 Å². The van der Waals surface area contributed by atoms with Crippen LogP contribution in [-0.4, -0.2) is 24.9 Å². The van der Waals surface area contributed by atoms with Crippen molar-refractivity contribution in [2.75, 3.05) is 7.05 Å². The molecule has 88 valence electrons. The van der Waals surface area contributed by atoms with Crippen molar-refractivity contribution in [2.45, 2.75) is 4.90 Å². The molecule has 0 radical (unpaired) electrons. The van der Waals surface area contributed by atoms with E-state index in [4.69, 9.17) is 23.2 Å². The van der Waals surface area contributed by atoms with Crippen molar-refractivity contribution >= 4 is 33.2 Å². The third-order valence-electron chi connectivity index (χ3n) is 1.71. The van der Waals surface area contributed by atoms with E-state index in [1.54, 1.807) is 0 Å². The molecule has 6 nitrogen and oxygen atoms in total. The van der Waals surface area contributed by atoms with Crippen LogP contribution >= 0.6 is 23.2 Å². The minimum Gasteiger partial charge on any atom is -0.234 e. The van der Waals surface area contributed by atoms with Gasteiger partial charge >= 0.3 is 10.0 Å². The molecule has 0 unspecified atom stereocenters. The van der Waals surface area contributed by atoms with E-state index in [1.165, 1.54) is 6.07 Å². The molecule has 0 fully saturated rings. The van der Waals surface area contributed by atoms with E-state index in [0.717, 1.165) is 19.2 Å². The zero-order valence-electron chi connectivity index (χ0n) is 7.92. The predicted molar refractivity (Wildman–Crippen MR) is 58.4 cm³/mol. The molecule has 9 heteroatoms. The smallest absolute Gasteiger partial charge is 0.234 e. The van der Waals surface area contributed by atoms with E-state index in [9.17, 15) is 18.5 Å². The first-order valence-electron chi connectivity index (χ1n) is 3.84. The Balaban J connectivity index is 3.33. The summed E-state index contributed by atoms with van der Waals surface area (Å²) in [5, 5.41) is 9.50. The first kappa shape index (κ1) is 13.0. The van der Waals surface area contributed by atoms with E-state index in [0.29, 0.717) is 0 Å². The second kappa shape index (κ2) is 4.44. The van der Waals surface area contributed by atoms with E-state index in [1.807, 2.05) is 0 Å². The summed E-state index contributed by atoms with van der Waals surface area (Å²) in [7, 11) is -3.39. The minimum atomic E-state index is -4.22. The summed E-state index contributed by atoms with van der Waals surface area (Å²) in [4.78, 5) is 10.0. The van der Waals surface area contributed by atoms with Gasteiger partial charge in [0, 0.05) is 10.0 Å². The quantitative estimate of drug-likeness (QED) is 0.626. The molecule has 1 aromatic rings. The van der Waals surface area contributed by atoms with Gasteiger partial charge in [-0.1, -0.05) is 23.2 Å². The van der Waals surface area contributed by atoms with Crippen LogP contribution in [0.1, 0.15) is 0 Å². The van der Waals surface area contributed by atoms with Crippen LogP contribution in [0.3, 0.4) is 0 Å². The van der Waals surface area contributed by atoms with Gasteiger partial charge in [0.1, 0.15) is 0 Å². The average Bonchev–Trinajstić information content (AvgIpc) is 2.14. The van der Waals surface area contributed by atoms with Crippen molar-refractivity contribution in [3.05, 3.63) is 38.4 Å². The number of hydrazine groups is 1. The number of nitro groups is 1. The minimum absolute atomic E-state index is 0.00497. The first-order valence-corrected chi connectivity index (χ1v) is 6.04. The third kappa shape index (κ3) is 2.55. The van der Waals surface area contributed by atoms with Gasteiger partial charge in [0.15, 0.2) is 5.03 Å². The van der Waals surface area contributed by atoms with Crippen molar-refractivity contribution in [1.29, 1.82) is 0 Å². The van der Waals surface area contributed by atoms with E-state index in [-0.39, 0.29) is 19.4 Å². The lowest BCUT2D eigenvalue weighted by molar-refractivity contribution is -0.613. The summed E-state index contributed by atoms with van der Waals surface area (Å²) >= 11 is 11.2. The Kier molecular flexibility index (Phi) is 3.61. The summed E-state index contributed by atoms with van der Waals surface area (Å²) in [5.74, 6) is 0. The van der Waals surface area contributed by atoms with Crippen LogP contribution in [0.15, 0.2) is 23.1 Å². The Morgan fingerprint density at radius 1 is 1.25 bits per heavy atom. The Bertz CT molecular complexity index is 511. The highest BCUT2D eigenvalue weighted by Gasteiger charge is 2.28. The summed E-state index contributed by atoms with van der Waals surface area (Å²) in [6.45, 7) is 0. The molecule has 0 amide bonds. The van der Waals surface area contributed by atoms with Crippen molar-refractivity contribution in [3.63, 3.8) is 0 Å². The van der Waals surface area contributed by atoms with Gasteiger partial charge in [-0.25, -0.2) is 10.1 Å². The van der Waals surface area contributed by atoms with Gasteiger partial charge in [-0.3, -0.25) is 0 Å². The molecule has 1 aromatic carbocycles. The summed E-state index contributed by atoms with van der Waals surface area (Å²) in [5.41, 5.74) is 0. The molecule has 16 heavy (non-hydrogen) atoms. The molecule has 0 atom stereocenters. The number of sulfonamides is 1. The topological polar surface area (TPSA) is 80.5 Å². The SMILES string of the molecule is CN([N+](=O)[O-])S(=O)(=O)c1cc(Cl)cc(Cl)c1. The van der Waals surface area contributed by atoms with Crippen molar-refractivity contribution in [2.24, 2.45) is 0 Å². The number of hydrogen-bond acceptors (Lipinski definition) is 4. The van der Waals surface area contributed by atoms with Crippen molar-refractivity contribution < 1.29 is 13.5 Å². The van der Waals surface area contributed by atoms with Crippen molar-refractivity contribution in [3.8, 4) is 0 Å². The zero-order chi connectivity index (χ0) is 12.5. The van der Waals surface area contributed by atoms with E-state index in [2.05, 4.69) is 0 Å². The van der Waals surface area contributed by atoms with Crippen LogP contribution in [0.5, 0.6) is 0 Å². The molecule has 0 aliphatic rings. The molecule has 0 aromatic heterocycles. The molecule has 0 saturated heterocycles. The highest BCUT2D eigenvalue weighted by Crippen LogP contribution is 2.24. The van der Waals surface area contributed by atoms with Crippen LogP contribution in [0.25, 0.3) is 0 Å². The molecule has 0 N–H and O–H groups in total. The summed E-state index contributed by atoms with van der Waals surface area (Å²) in [6, 6.07) is 3.50. The predicted octanol–water partition coefficient (Wildman–Crippen LogP) is 1.81. The van der Waals surface area contributed by atoms with Crippen molar-refractivity contribution in [1.82, 2.24) is 4.41 Å². The van der Waals surface area contributed by atoms with Crippen LogP contribution < -0.4 is 0 Å². The first-order chi connectivity index (χ1) is 7.25. The van der Waals surface area contributed by atoms with Gasteiger partial charge in [0.2, 0.25) is 0 Å². The normalized spacial score (nSPS) is 11.2. The number of nitrogens with zero attached hydrogens (tertiary/aromatic N) is 2. The second-order valence-corrected chi connectivity index (χ2v) is 5.61. The fraction of sp³-hybridized carbons (Fsp3) is 0.143. The van der Waals surface area contributed by atoms with E-state index < -0.39 is 15.1 Å². The van der Waals surface area contributed by atoms with Gasteiger partial charge in [-0.15, -0.1) is 0 Å². The average molecular weight is 285 g/mol. The number of halogens is 2. The molecule has 0 aliphatic carbocycles. The second-order valence-electron chi connectivity index (χ2n) is 2.78. The van der Waals surface area contributed by atoms with Crippen LogP contribution in [0.4, 0.5) is 0 Å². The molecule has 0 aliphatic heterocycles. The maximum absolute atomic E-state index is 11.6.